The number of thioether (sulfide) groups is 1. The summed E-state index contributed by atoms with van der Waals surface area (Å²) < 4.78 is 21.9. The molecule has 0 saturated heterocycles. The molecule has 8 nitrogen and oxygen atoms in total. The third kappa shape index (κ3) is 3.99. The number of benzene rings is 1. The highest BCUT2D eigenvalue weighted by atomic mass is 32.2. The van der Waals surface area contributed by atoms with E-state index in [1.807, 2.05) is 25.1 Å². The quantitative estimate of drug-likeness (QED) is 0.582. The lowest BCUT2D eigenvalue weighted by Crippen LogP contribution is -2.27. The van der Waals surface area contributed by atoms with Gasteiger partial charge in [0.1, 0.15) is 19.0 Å². The highest BCUT2D eigenvalue weighted by Crippen LogP contribution is 2.31. The molecule has 4 rings (SSSR count). The fourth-order valence-corrected chi connectivity index (χ4v) is 3.47. The van der Waals surface area contributed by atoms with Crippen molar-refractivity contribution in [3.05, 3.63) is 41.9 Å². The van der Waals surface area contributed by atoms with Crippen molar-refractivity contribution >= 4 is 17.7 Å². The summed E-state index contributed by atoms with van der Waals surface area (Å²) in [6.45, 7) is 3.38. The Labute approximate surface area is 165 Å². The summed E-state index contributed by atoms with van der Waals surface area (Å²) in [5, 5.41) is 8.33. The molecule has 0 aliphatic carbocycles. The van der Waals surface area contributed by atoms with E-state index in [4.69, 9.17) is 18.3 Å². The van der Waals surface area contributed by atoms with Crippen LogP contribution in [0.5, 0.6) is 11.5 Å². The average Bonchev–Trinajstić information content (AvgIpc) is 3.34. The Morgan fingerprint density at radius 1 is 1.18 bits per heavy atom. The van der Waals surface area contributed by atoms with E-state index in [0.717, 1.165) is 16.9 Å². The Morgan fingerprint density at radius 2 is 2.00 bits per heavy atom. The van der Waals surface area contributed by atoms with E-state index in [0.29, 0.717) is 42.4 Å². The molecule has 1 aliphatic heterocycles. The summed E-state index contributed by atoms with van der Waals surface area (Å²) in [4.78, 5) is 14.1. The Kier molecular flexibility index (Phi) is 5.25. The summed E-state index contributed by atoms with van der Waals surface area (Å²) in [7, 11) is 1.76. The minimum atomic E-state index is -0.0425. The third-order valence-electron chi connectivity index (χ3n) is 4.27. The number of aryl methyl sites for hydroxylation is 1. The van der Waals surface area contributed by atoms with Gasteiger partial charge in [0.25, 0.3) is 11.1 Å². The predicted molar refractivity (Wildman–Crippen MR) is 101 cm³/mol. The molecule has 3 aromatic rings. The zero-order valence-corrected chi connectivity index (χ0v) is 16.3. The number of ether oxygens (including phenoxy) is 2. The second-order valence-electron chi connectivity index (χ2n) is 6.28. The summed E-state index contributed by atoms with van der Waals surface area (Å²) in [6.07, 6.45) is 1.57. The van der Waals surface area contributed by atoms with Crippen LogP contribution in [0.1, 0.15) is 11.3 Å². The first kappa shape index (κ1) is 18.4. The van der Waals surface area contributed by atoms with Gasteiger partial charge in [0, 0.05) is 13.6 Å². The summed E-state index contributed by atoms with van der Waals surface area (Å²) in [5.74, 6) is 2.69. The van der Waals surface area contributed by atoms with Crippen molar-refractivity contribution in [2.24, 2.45) is 0 Å². The van der Waals surface area contributed by atoms with Crippen LogP contribution in [-0.2, 0) is 11.3 Å². The number of aromatic nitrogens is 2. The van der Waals surface area contributed by atoms with Gasteiger partial charge in [-0.25, -0.2) is 0 Å². The van der Waals surface area contributed by atoms with Crippen LogP contribution >= 0.6 is 11.8 Å². The van der Waals surface area contributed by atoms with Crippen LogP contribution in [0.3, 0.4) is 0 Å². The van der Waals surface area contributed by atoms with E-state index in [2.05, 4.69) is 10.2 Å². The van der Waals surface area contributed by atoms with Crippen molar-refractivity contribution in [3.63, 3.8) is 0 Å². The molecule has 0 N–H and O–H groups in total. The normalized spacial score (nSPS) is 12.8. The average molecular weight is 401 g/mol. The minimum Gasteiger partial charge on any atom is -0.486 e. The highest BCUT2D eigenvalue weighted by molar-refractivity contribution is 7.99. The molecule has 9 heteroatoms. The van der Waals surface area contributed by atoms with Gasteiger partial charge in [0.2, 0.25) is 5.91 Å². The van der Waals surface area contributed by atoms with Crippen LogP contribution in [0.15, 0.2) is 44.6 Å². The van der Waals surface area contributed by atoms with Crippen LogP contribution in [0.4, 0.5) is 0 Å². The molecule has 0 unspecified atom stereocenters. The van der Waals surface area contributed by atoms with Gasteiger partial charge in [0.15, 0.2) is 11.5 Å². The number of hydrogen-bond donors (Lipinski definition) is 0. The van der Waals surface area contributed by atoms with Crippen molar-refractivity contribution < 1.29 is 23.1 Å². The molecule has 0 bridgehead atoms. The molecule has 0 spiro atoms. The van der Waals surface area contributed by atoms with E-state index in [1.54, 1.807) is 24.3 Å². The molecule has 0 fully saturated rings. The second kappa shape index (κ2) is 7.97. The molecule has 0 atom stereocenters. The smallest absolute Gasteiger partial charge is 0.277 e. The number of nitrogens with zero attached hydrogens (tertiary/aromatic N) is 3. The van der Waals surface area contributed by atoms with Crippen LogP contribution < -0.4 is 9.47 Å². The van der Waals surface area contributed by atoms with Gasteiger partial charge in [-0.2, -0.15) is 0 Å². The zero-order chi connectivity index (χ0) is 19.5. The lowest BCUT2D eigenvalue weighted by atomic mass is 10.2. The fraction of sp³-hybridized carbons (Fsp3) is 0.316. The maximum atomic E-state index is 12.4. The number of carbonyl (C=O) groups is 1. The van der Waals surface area contributed by atoms with Crippen molar-refractivity contribution in [1.82, 2.24) is 15.1 Å². The van der Waals surface area contributed by atoms with Crippen molar-refractivity contribution in [2.45, 2.75) is 18.7 Å². The van der Waals surface area contributed by atoms with Gasteiger partial charge in [-0.15, -0.1) is 10.2 Å². The number of carbonyl (C=O) groups excluding carboxylic acids is 1. The first-order valence-electron chi connectivity index (χ1n) is 8.73. The predicted octanol–water partition coefficient (Wildman–Crippen LogP) is 3.16. The summed E-state index contributed by atoms with van der Waals surface area (Å²) in [6, 6.07) is 7.48. The van der Waals surface area contributed by atoms with Crippen LogP contribution in [0.25, 0.3) is 11.5 Å². The van der Waals surface area contributed by atoms with Gasteiger partial charge >= 0.3 is 0 Å². The Hall–Kier alpha value is -2.94. The highest BCUT2D eigenvalue weighted by Gasteiger charge is 2.17. The summed E-state index contributed by atoms with van der Waals surface area (Å²) in [5.41, 5.74) is 1.72. The van der Waals surface area contributed by atoms with E-state index in [1.165, 1.54) is 11.8 Å². The lowest BCUT2D eigenvalue weighted by molar-refractivity contribution is -0.127. The van der Waals surface area contributed by atoms with Gasteiger partial charge < -0.3 is 23.2 Å². The molecular formula is C19H19N3O5S. The van der Waals surface area contributed by atoms with E-state index >= 15 is 0 Å². The molecule has 1 amide bonds. The van der Waals surface area contributed by atoms with Gasteiger partial charge in [-0.1, -0.05) is 17.8 Å². The Bertz CT molecular complexity index is 984. The number of amides is 1. The lowest BCUT2D eigenvalue weighted by Gasteiger charge is -2.21. The molecule has 0 saturated carbocycles. The monoisotopic (exact) mass is 401 g/mol. The first-order valence-corrected chi connectivity index (χ1v) is 9.72. The molecular weight excluding hydrogens is 382 g/mol. The number of furan rings is 1. The SMILES string of the molecule is Cc1occc1-c1nnc(SCC(=O)N(C)Cc2ccc3c(c2)OCCO3)o1. The minimum absolute atomic E-state index is 0.0425. The topological polar surface area (TPSA) is 90.8 Å². The van der Waals surface area contributed by atoms with E-state index in [9.17, 15) is 4.79 Å². The number of rotatable bonds is 6. The zero-order valence-electron chi connectivity index (χ0n) is 15.5. The summed E-state index contributed by atoms with van der Waals surface area (Å²) >= 11 is 1.21. The molecule has 1 aliphatic rings. The van der Waals surface area contributed by atoms with E-state index < -0.39 is 0 Å². The molecule has 146 valence electrons. The maximum absolute atomic E-state index is 12.4. The molecule has 0 radical (unpaired) electrons. The maximum Gasteiger partial charge on any atom is 0.277 e. The number of hydrogen-bond acceptors (Lipinski definition) is 8. The van der Waals surface area contributed by atoms with Gasteiger partial charge in [0.05, 0.1) is 17.6 Å². The van der Waals surface area contributed by atoms with Crippen LogP contribution in [-0.4, -0.2) is 47.0 Å². The Balaban J connectivity index is 1.32. The second-order valence-corrected chi connectivity index (χ2v) is 7.21. The Morgan fingerprint density at radius 3 is 2.79 bits per heavy atom. The van der Waals surface area contributed by atoms with Gasteiger partial charge in [-0.05, 0) is 30.7 Å². The van der Waals surface area contributed by atoms with E-state index in [-0.39, 0.29) is 11.7 Å². The fourth-order valence-electron chi connectivity index (χ4n) is 2.77. The van der Waals surface area contributed by atoms with Crippen molar-refractivity contribution in [3.8, 4) is 23.0 Å². The van der Waals surface area contributed by atoms with Crippen LogP contribution in [0, 0.1) is 6.92 Å². The first-order chi connectivity index (χ1) is 13.6. The third-order valence-corrected chi connectivity index (χ3v) is 5.07. The molecule has 2 aromatic heterocycles. The number of fused-ring (bicyclic) bond motifs is 1. The largest absolute Gasteiger partial charge is 0.486 e. The molecule has 28 heavy (non-hydrogen) atoms. The van der Waals surface area contributed by atoms with Crippen molar-refractivity contribution in [2.75, 3.05) is 26.0 Å². The molecule has 3 heterocycles. The van der Waals surface area contributed by atoms with Gasteiger partial charge in [-0.3, -0.25) is 4.79 Å². The van der Waals surface area contributed by atoms with Crippen molar-refractivity contribution in [1.29, 1.82) is 0 Å². The molecule has 1 aromatic carbocycles. The van der Waals surface area contributed by atoms with Crippen LogP contribution in [0.2, 0.25) is 0 Å². The standard InChI is InChI=1S/C19H19N3O5S/c1-12-14(5-6-24-12)18-20-21-19(27-18)28-11-17(23)22(2)10-13-3-4-15-16(9-13)26-8-7-25-15/h3-6,9H,7-8,10-11H2,1-2H3.